The average molecular weight is 224 g/mol. The molecule has 0 radical (unpaired) electrons. The van der Waals surface area contributed by atoms with Gasteiger partial charge in [0.05, 0.1) is 5.69 Å². The average Bonchev–Trinajstić information content (AvgIpc) is 2.65. The molecule has 0 aliphatic carbocycles. The molecule has 0 fully saturated rings. The van der Waals surface area contributed by atoms with Crippen LogP contribution in [0.25, 0.3) is 11.3 Å². The molecule has 15 heavy (non-hydrogen) atoms. The van der Waals surface area contributed by atoms with Crippen molar-refractivity contribution in [2.45, 2.75) is 6.54 Å². The SMILES string of the molecule is Cl.Cn1ccc(-c2ccc(CN)cc2)n1. The zero-order valence-electron chi connectivity index (χ0n) is 8.55. The van der Waals surface area contributed by atoms with Crippen molar-refractivity contribution < 1.29 is 0 Å². The van der Waals surface area contributed by atoms with Gasteiger partial charge in [0, 0.05) is 25.4 Å². The van der Waals surface area contributed by atoms with E-state index < -0.39 is 0 Å². The van der Waals surface area contributed by atoms with Crippen LogP contribution in [0.5, 0.6) is 0 Å². The highest BCUT2D eigenvalue weighted by atomic mass is 35.5. The molecular formula is C11H14ClN3. The van der Waals surface area contributed by atoms with Gasteiger partial charge in [-0.3, -0.25) is 4.68 Å². The largest absolute Gasteiger partial charge is 0.326 e. The van der Waals surface area contributed by atoms with E-state index in [1.54, 1.807) is 4.68 Å². The van der Waals surface area contributed by atoms with Gasteiger partial charge >= 0.3 is 0 Å². The zero-order valence-corrected chi connectivity index (χ0v) is 9.37. The summed E-state index contributed by atoms with van der Waals surface area (Å²) in [6.07, 6.45) is 1.94. The Balaban J connectivity index is 0.00000112. The minimum Gasteiger partial charge on any atom is -0.326 e. The van der Waals surface area contributed by atoms with E-state index in [0.717, 1.165) is 16.8 Å². The third-order valence-corrected chi connectivity index (χ3v) is 2.20. The molecule has 2 rings (SSSR count). The van der Waals surface area contributed by atoms with E-state index in [1.165, 1.54) is 0 Å². The van der Waals surface area contributed by atoms with Gasteiger partial charge in [-0.25, -0.2) is 0 Å². The van der Waals surface area contributed by atoms with Crippen molar-refractivity contribution in [1.29, 1.82) is 0 Å². The standard InChI is InChI=1S/C11H13N3.ClH/c1-14-7-6-11(13-14)10-4-2-9(8-12)3-5-10;/h2-7H,8,12H2,1H3;1H. The van der Waals surface area contributed by atoms with Gasteiger partial charge in [-0.15, -0.1) is 12.4 Å². The molecular weight excluding hydrogens is 210 g/mol. The van der Waals surface area contributed by atoms with Crippen molar-refractivity contribution in [1.82, 2.24) is 9.78 Å². The minimum absolute atomic E-state index is 0. The van der Waals surface area contributed by atoms with Gasteiger partial charge in [0.15, 0.2) is 0 Å². The summed E-state index contributed by atoms with van der Waals surface area (Å²) in [5.74, 6) is 0. The molecule has 0 aliphatic heterocycles. The molecule has 0 aliphatic rings. The number of halogens is 1. The number of hydrogen-bond donors (Lipinski definition) is 1. The molecule has 0 saturated carbocycles. The molecule has 0 amide bonds. The fourth-order valence-electron chi connectivity index (χ4n) is 1.38. The van der Waals surface area contributed by atoms with E-state index in [0.29, 0.717) is 6.54 Å². The fraction of sp³-hybridized carbons (Fsp3) is 0.182. The zero-order chi connectivity index (χ0) is 9.97. The lowest BCUT2D eigenvalue weighted by atomic mass is 10.1. The van der Waals surface area contributed by atoms with Crippen LogP contribution < -0.4 is 5.73 Å². The van der Waals surface area contributed by atoms with Gasteiger partial charge in [0.1, 0.15) is 0 Å². The quantitative estimate of drug-likeness (QED) is 0.846. The first-order chi connectivity index (χ1) is 6.79. The topological polar surface area (TPSA) is 43.8 Å². The first-order valence-corrected chi connectivity index (χ1v) is 4.58. The highest BCUT2D eigenvalue weighted by molar-refractivity contribution is 5.85. The number of rotatable bonds is 2. The lowest BCUT2D eigenvalue weighted by Gasteiger charge is -1.98. The van der Waals surface area contributed by atoms with Crippen LogP contribution in [0.2, 0.25) is 0 Å². The molecule has 1 heterocycles. The van der Waals surface area contributed by atoms with E-state index in [4.69, 9.17) is 5.73 Å². The van der Waals surface area contributed by atoms with Gasteiger partial charge in [-0.1, -0.05) is 24.3 Å². The summed E-state index contributed by atoms with van der Waals surface area (Å²) in [7, 11) is 1.91. The molecule has 1 aromatic heterocycles. The summed E-state index contributed by atoms with van der Waals surface area (Å²) in [5, 5.41) is 4.32. The summed E-state index contributed by atoms with van der Waals surface area (Å²) < 4.78 is 1.80. The molecule has 3 nitrogen and oxygen atoms in total. The Morgan fingerprint density at radius 2 is 1.87 bits per heavy atom. The van der Waals surface area contributed by atoms with Crippen molar-refractivity contribution in [3.8, 4) is 11.3 Å². The smallest absolute Gasteiger partial charge is 0.0923 e. The molecule has 4 heteroatoms. The van der Waals surface area contributed by atoms with Gasteiger partial charge in [0.2, 0.25) is 0 Å². The molecule has 1 aromatic carbocycles. The Kier molecular flexibility index (Phi) is 3.88. The molecule has 0 atom stereocenters. The molecule has 2 N–H and O–H groups in total. The lowest BCUT2D eigenvalue weighted by Crippen LogP contribution is -1.95. The number of nitrogens with zero attached hydrogens (tertiary/aromatic N) is 2. The van der Waals surface area contributed by atoms with Crippen molar-refractivity contribution >= 4 is 12.4 Å². The maximum absolute atomic E-state index is 5.52. The summed E-state index contributed by atoms with van der Waals surface area (Å²) in [6, 6.07) is 10.2. The summed E-state index contributed by atoms with van der Waals surface area (Å²) >= 11 is 0. The Bertz CT molecular complexity index is 420. The van der Waals surface area contributed by atoms with Gasteiger partial charge in [0.25, 0.3) is 0 Å². The Hall–Kier alpha value is -1.32. The highest BCUT2D eigenvalue weighted by Crippen LogP contribution is 2.16. The second kappa shape index (κ2) is 4.96. The normalized spacial score (nSPS) is 9.73. The Labute approximate surface area is 95.3 Å². The van der Waals surface area contributed by atoms with E-state index >= 15 is 0 Å². The van der Waals surface area contributed by atoms with E-state index in [2.05, 4.69) is 5.10 Å². The van der Waals surface area contributed by atoms with Gasteiger partial charge < -0.3 is 5.73 Å². The number of aromatic nitrogens is 2. The Morgan fingerprint density at radius 1 is 1.20 bits per heavy atom. The third kappa shape index (κ3) is 2.58. The van der Waals surface area contributed by atoms with Crippen LogP contribution in [0, 0.1) is 0 Å². The van der Waals surface area contributed by atoms with Gasteiger partial charge in [-0.2, -0.15) is 5.10 Å². The Morgan fingerprint density at radius 3 is 2.33 bits per heavy atom. The lowest BCUT2D eigenvalue weighted by molar-refractivity contribution is 0.771. The van der Waals surface area contributed by atoms with Crippen molar-refractivity contribution in [2.24, 2.45) is 12.8 Å². The molecule has 0 saturated heterocycles. The van der Waals surface area contributed by atoms with Crippen LogP contribution in [0.3, 0.4) is 0 Å². The number of benzene rings is 1. The molecule has 0 unspecified atom stereocenters. The number of hydrogen-bond acceptors (Lipinski definition) is 2. The van der Waals surface area contributed by atoms with E-state index in [1.807, 2.05) is 43.6 Å². The molecule has 0 spiro atoms. The first-order valence-electron chi connectivity index (χ1n) is 4.58. The second-order valence-corrected chi connectivity index (χ2v) is 3.28. The van der Waals surface area contributed by atoms with E-state index in [9.17, 15) is 0 Å². The maximum atomic E-state index is 5.52. The van der Waals surface area contributed by atoms with E-state index in [-0.39, 0.29) is 12.4 Å². The second-order valence-electron chi connectivity index (χ2n) is 3.28. The van der Waals surface area contributed by atoms with Crippen molar-refractivity contribution in [3.63, 3.8) is 0 Å². The van der Waals surface area contributed by atoms with Crippen LogP contribution in [-0.2, 0) is 13.6 Å². The summed E-state index contributed by atoms with van der Waals surface area (Å²) in [5.41, 5.74) is 8.79. The monoisotopic (exact) mass is 223 g/mol. The van der Waals surface area contributed by atoms with Crippen LogP contribution in [0.1, 0.15) is 5.56 Å². The molecule has 2 aromatic rings. The number of aryl methyl sites for hydroxylation is 1. The van der Waals surface area contributed by atoms with Crippen LogP contribution >= 0.6 is 12.4 Å². The molecule has 0 bridgehead atoms. The van der Waals surface area contributed by atoms with Gasteiger partial charge in [-0.05, 0) is 11.6 Å². The molecule has 80 valence electrons. The number of nitrogens with two attached hydrogens (primary N) is 1. The summed E-state index contributed by atoms with van der Waals surface area (Å²) in [6.45, 7) is 0.586. The van der Waals surface area contributed by atoms with Crippen LogP contribution in [0.4, 0.5) is 0 Å². The van der Waals surface area contributed by atoms with Crippen LogP contribution in [-0.4, -0.2) is 9.78 Å². The highest BCUT2D eigenvalue weighted by Gasteiger charge is 1.99. The van der Waals surface area contributed by atoms with Crippen molar-refractivity contribution in [3.05, 3.63) is 42.1 Å². The van der Waals surface area contributed by atoms with Crippen LogP contribution in [0.15, 0.2) is 36.5 Å². The predicted molar refractivity (Wildman–Crippen MR) is 63.8 cm³/mol. The third-order valence-electron chi connectivity index (χ3n) is 2.20. The van der Waals surface area contributed by atoms with Crippen molar-refractivity contribution in [2.75, 3.05) is 0 Å². The minimum atomic E-state index is 0. The fourth-order valence-corrected chi connectivity index (χ4v) is 1.38. The summed E-state index contributed by atoms with van der Waals surface area (Å²) in [4.78, 5) is 0. The first kappa shape index (κ1) is 11.8. The maximum Gasteiger partial charge on any atom is 0.0923 e. The predicted octanol–water partition coefficient (Wildman–Crippen LogP) is 1.97.